The van der Waals surface area contributed by atoms with Crippen LogP contribution < -0.4 is 25.2 Å². The second-order valence-electron chi connectivity index (χ2n) is 7.10. The number of esters is 1. The first-order chi connectivity index (χ1) is 15.4. The third-order valence-electron chi connectivity index (χ3n) is 4.67. The van der Waals surface area contributed by atoms with E-state index in [0.717, 1.165) is 6.42 Å². The number of hydrogen-bond donors (Lipinski definition) is 1. The predicted octanol–water partition coefficient (Wildman–Crippen LogP) is 3.70. The zero-order valence-corrected chi connectivity index (χ0v) is 18.2. The van der Waals surface area contributed by atoms with Gasteiger partial charge in [-0.1, -0.05) is 6.92 Å². The van der Waals surface area contributed by atoms with Crippen molar-refractivity contribution in [3.05, 3.63) is 64.5 Å². The van der Waals surface area contributed by atoms with Gasteiger partial charge >= 0.3 is 11.6 Å². The second-order valence-corrected chi connectivity index (χ2v) is 7.10. The molecule has 1 atom stereocenters. The Hall–Kier alpha value is -3.81. The second kappa shape index (κ2) is 10.5. The average molecular weight is 439 g/mol. The van der Waals surface area contributed by atoms with Crippen LogP contribution in [0.3, 0.4) is 0 Å². The van der Waals surface area contributed by atoms with E-state index in [1.807, 2.05) is 20.8 Å². The molecule has 1 unspecified atom stereocenters. The molecule has 3 aromatic rings. The van der Waals surface area contributed by atoms with Gasteiger partial charge in [0.15, 0.2) is 6.61 Å². The van der Waals surface area contributed by atoms with Gasteiger partial charge in [-0.15, -0.1) is 0 Å². The van der Waals surface area contributed by atoms with Crippen LogP contribution in [-0.4, -0.2) is 31.1 Å². The zero-order valence-electron chi connectivity index (χ0n) is 18.2. The molecule has 1 heterocycles. The summed E-state index contributed by atoms with van der Waals surface area (Å²) in [5, 5.41) is 3.27. The lowest BCUT2D eigenvalue weighted by atomic mass is 10.1. The summed E-state index contributed by atoms with van der Waals surface area (Å²) in [6.45, 7) is 5.93. The Balaban J connectivity index is 1.65. The first-order valence-electron chi connectivity index (χ1n) is 10.3. The molecule has 1 amide bonds. The lowest BCUT2D eigenvalue weighted by molar-refractivity contribution is -0.136. The van der Waals surface area contributed by atoms with Crippen molar-refractivity contribution in [2.45, 2.75) is 33.2 Å². The molecule has 0 aliphatic rings. The number of amides is 1. The Morgan fingerprint density at radius 2 is 1.62 bits per heavy atom. The van der Waals surface area contributed by atoms with E-state index in [4.69, 9.17) is 18.6 Å². The zero-order chi connectivity index (χ0) is 23.1. The molecule has 0 aliphatic heterocycles. The van der Waals surface area contributed by atoms with Crippen LogP contribution in [0.1, 0.15) is 37.6 Å². The molecule has 0 aliphatic carbocycles. The van der Waals surface area contributed by atoms with E-state index in [2.05, 4.69) is 5.32 Å². The molecule has 1 aromatic heterocycles. The minimum absolute atomic E-state index is 0.0655. The molecule has 8 heteroatoms. The molecule has 32 heavy (non-hydrogen) atoms. The smallest absolute Gasteiger partial charge is 0.349 e. The summed E-state index contributed by atoms with van der Waals surface area (Å²) in [5.74, 6) is 0.290. The largest absolute Gasteiger partial charge is 0.494 e. The highest BCUT2D eigenvalue weighted by molar-refractivity contribution is 5.97. The Morgan fingerprint density at radius 3 is 2.28 bits per heavy atom. The first-order valence-corrected chi connectivity index (χ1v) is 10.3. The van der Waals surface area contributed by atoms with Crippen molar-refractivity contribution in [2.75, 3.05) is 13.2 Å². The van der Waals surface area contributed by atoms with E-state index >= 15 is 0 Å². The van der Waals surface area contributed by atoms with E-state index in [1.165, 1.54) is 12.1 Å². The van der Waals surface area contributed by atoms with Crippen LogP contribution in [0.25, 0.3) is 11.0 Å². The fraction of sp³-hybridized carbons (Fsp3) is 0.292. The van der Waals surface area contributed by atoms with Crippen LogP contribution in [0, 0.1) is 0 Å². The van der Waals surface area contributed by atoms with E-state index in [1.54, 1.807) is 36.4 Å². The van der Waals surface area contributed by atoms with Crippen LogP contribution in [-0.2, 0) is 4.79 Å². The molecule has 0 bridgehead atoms. The summed E-state index contributed by atoms with van der Waals surface area (Å²) in [7, 11) is 0. The molecule has 0 spiro atoms. The van der Waals surface area contributed by atoms with E-state index < -0.39 is 17.5 Å². The van der Waals surface area contributed by atoms with Crippen molar-refractivity contribution >= 4 is 22.8 Å². The SMILES string of the molecule is CCOc1ccc(OCC(=O)Oc2ccc3cc(C(=O)NC(C)CC)c(=O)oc3c2)cc1. The number of hydrogen-bond acceptors (Lipinski definition) is 7. The molecule has 8 nitrogen and oxygen atoms in total. The van der Waals surface area contributed by atoms with Crippen molar-refractivity contribution in [3.63, 3.8) is 0 Å². The van der Waals surface area contributed by atoms with Gasteiger partial charge in [0.1, 0.15) is 28.4 Å². The van der Waals surface area contributed by atoms with Gasteiger partial charge in [-0.3, -0.25) is 4.79 Å². The molecule has 168 valence electrons. The number of fused-ring (bicyclic) bond motifs is 1. The minimum atomic E-state index is -0.763. The van der Waals surface area contributed by atoms with Crippen molar-refractivity contribution in [1.29, 1.82) is 0 Å². The standard InChI is InChI=1S/C24H25NO7/c1-4-15(3)25-23(27)20-12-16-6-7-19(13-21(16)32-24(20)28)31-22(26)14-30-18-10-8-17(9-11-18)29-5-2/h6-13,15H,4-5,14H2,1-3H3,(H,25,27). The monoisotopic (exact) mass is 439 g/mol. The molecular formula is C24H25NO7. The van der Waals surface area contributed by atoms with Crippen LogP contribution in [0.15, 0.2) is 57.7 Å². The summed E-state index contributed by atoms with van der Waals surface area (Å²) in [4.78, 5) is 36.6. The molecule has 3 rings (SSSR count). The van der Waals surface area contributed by atoms with E-state index in [0.29, 0.717) is 23.5 Å². The molecule has 1 N–H and O–H groups in total. The van der Waals surface area contributed by atoms with Crippen molar-refractivity contribution < 1.29 is 28.2 Å². The van der Waals surface area contributed by atoms with Crippen LogP contribution in [0.5, 0.6) is 17.2 Å². The van der Waals surface area contributed by atoms with Crippen LogP contribution in [0.4, 0.5) is 0 Å². The van der Waals surface area contributed by atoms with Gasteiger partial charge in [0.2, 0.25) is 0 Å². The number of rotatable bonds is 9. The lowest BCUT2D eigenvalue weighted by Gasteiger charge is -2.11. The number of benzene rings is 2. The molecule has 0 fully saturated rings. The number of nitrogens with one attached hydrogen (secondary N) is 1. The Morgan fingerprint density at radius 1 is 0.969 bits per heavy atom. The Kier molecular flexibility index (Phi) is 7.49. The summed E-state index contributed by atoms with van der Waals surface area (Å²) >= 11 is 0. The van der Waals surface area contributed by atoms with Gasteiger partial charge in [0.25, 0.3) is 5.91 Å². The highest BCUT2D eigenvalue weighted by atomic mass is 16.6. The van der Waals surface area contributed by atoms with Gasteiger partial charge in [-0.05, 0) is 62.7 Å². The maximum Gasteiger partial charge on any atom is 0.349 e. The summed E-state index contributed by atoms with van der Waals surface area (Å²) < 4.78 is 21.3. The fourth-order valence-electron chi connectivity index (χ4n) is 2.82. The van der Waals surface area contributed by atoms with Crippen LogP contribution in [0.2, 0.25) is 0 Å². The maximum atomic E-state index is 12.3. The quantitative estimate of drug-likeness (QED) is 0.308. The Labute approximate surface area is 185 Å². The molecule has 2 aromatic carbocycles. The highest BCUT2D eigenvalue weighted by Crippen LogP contribution is 2.21. The minimum Gasteiger partial charge on any atom is -0.494 e. The van der Waals surface area contributed by atoms with Crippen LogP contribution >= 0.6 is 0 Å². The Bertz CT molecular complexity index is 1150. The van der Waals surface area contributed by atoms with E-state index in [9.17, 15) is 14.4 Å². The van der Waals surface area contributed by atoms with E-state index in [-0.39, 0.29) is 29.5 Å². The van der Waals surface area contributed by atoms with Gasteiger partial charge < -0.3 is 23.9 Å². The number of ether oxygens (including phenoxy) is 3. The molecule has 0 radical (unpaired) electrons. The normalized spacial score (nSPS) is 11.6. The highest BCUT2D eigenvalue weighted by Gasteiger charge is 2.16. The average Bonchev–Trinajstić information content (AvgIpc) is 2.78. The molecule has 0 saturated carbocycles. The topological polar surface area (TPSA) is 104 Å². The molecular weight excluding hydrogens is 414 g/mol. The van der Waals surface area contributed by atoms with Gasteiger partial charge in [-0.2, -0.15) is 0 Å². The lowest BCUT2D eigenvalue weighted by Crippen LogP contribution is -2.34. The first kappa shape index (κ1) is 22.9. The number of carbonyl (C=O) groups excluding carboxylic acids is 2. The van der Waals surface area contributed by atoms with Crippen molar-refractivity contribution in [3.8, 4) is 17.2 Å². The summed E-state index contributed by atoms with van der Waals surface area (Å²) in [6, 6.07) is 12.8. The fourth-order valence-corrected chi connectivity index (χ4v) is 2.82. The number of carbonyl (C=O) groups is 2. The predicted molar refractivity (Wildman–Crippen MR) is 118 cm³/mol. The van der Waals surface area contributed by atoms with Gasteiger partial charge in [-0.25, -0.2) is 9.59 Å². The third kappa shape index (κ3) is 5.87. The van der Waals surface area contributed by atoms with Gasteiger partial charge in [0.05, 0.1) is 6.61 Å². The van der Waals surface area contributed by atoms with Crippen molar-refractivity contribution in [2.24, 2.45) is 0 Å². The maximum absolute atomic E-state index is 12.3. The van der Waals surface area contributed by atoms with Crippen molar-refractivity contribution in [1.82, 2.24) is 5.32 Å². The summed E-state index contributed by atoms with van der Waals surface area (Å²) in [5.41, 5.74) is -0.639. The summed E-state index contributed by atoms with van der Waals surface area (Å²) in [6.07, 6.45) is 0.738. The molecule has 0 saturated heterocycles. The van der Waals surface area contributed by atoms with Gasteiger partial charge in [0, 0.05) is 17.5 Å². The third-order valence-corrected chi connectivity index (χ3v) is 4.67.